The van der Waals surface area contributed by atoms with Crippen LogP contribution in [0.2, 0.25) is 0 Å². The SMILES string of the molecule is COCOc1cc(OCOC)c(CC=O)c(OCOC)c1. The largest absolute Gasteiger partial charge is 0.467 e. The number of hydrogen-bond donors (Lipinski definition) is 0. The highest BCUT2D eigenvalue weighted by molar-refractivity contribution is 5.62. The molecule has 0 atom stereocenters. The molecule has 0 aliphatic carbocycles. The summed E-state index contributed by atoms with van der Waals surface area (Å²) < 4.78 is 30.9. The van der Waals surface area contributed by atoms with E-state index in [1.54, 1.807) is 12.1 Å². The third kappa shape index (κ3) is 5.58. The minimum absolute atomic E-state index is 0.0449. The summed E-state index contributed by atoms with van der Waals surface area (Å²) in [5.74, 6) is 1.39. The molecule has 0 heterocycles. The highest BCUT2D eigenvalue weighted by Gasteiger charge is 2.14. The number of aldehydes is 1. The van der Waals surface area contributed by atoms with Gasteiger partial charge in [-0.1, -0.05) is 0 Å². The molecular weight excluding hydrogens is 280 g/mol. The molecule has 0 bridgehead atoms. The predicted octanol–water partition coefficient (Wildman–Crippen LogP) is 1.38. The van der Waals surface area contributed by atoms with E-state index in [1.807, 2.05) is 0 Å². The summed E-state index contributed by atoms with van der Waals surface area (Å²) in [5.41, 5.74) is 0.601. The average molecular weight is 300 g/mol. The molecule has 1 rings (SSSR count). The average Bonchev–Trinajstić information content (AvgIpc) is 2.50. The first-order valence-corrected chi connectivity index (χ1v) is 6.22. The summed E-state index contributed by atoms with van der Waals surface area (Å²) in [6.45, 7) is 0.174. The number of ether oxygens (including phenoxy) is 6. The molecule has 0 saturated heterocycles. The molecule has 1 aromatic rings. The molecule has 0 amide bonds. The van der Waals surface area contributed by atoms with Crippen molar-refractivity contribution in [3.05, 3.63) is 17.7 Å². The van der Waals surface area contributed by atoms with Crippen molar-refractivity contribution in [1.82, 2.24) is 0 Å². The van der Waals surface area contributed by atoms with Gasteiger partial charge in [-0.25, -0.2) is 0 Å². The van der Waals surface area contributed by atoms with Crippen LogP contribution in [0.15, 0.2) is 12.1 Å². The molecule has 0 saturated carbocycles. The van der Waals surface area contributed by atoms with Gasteiger partial charge < -0.3 is 33.2 Å². The molecule has 0 unspecified atom stereocenters. The summed E-state index contributed by atoms with van der Waals surface area (Å²) in [5, 5.41) is 0. The molecular formula is C14H20O7. The smallest absolute Gasteiger partial charge is 0.188 e. The van der Waals surface area contributed by atoms with Crippen LogP contribution in [0, 0.1) is 0 Å². The Morgan fingerprint density at radius 3 is 1.76 bits per heavy atom. The first-order valence-electron chi connectivity index (χ1n) is 6.22. The van der Waals surface area contributed by atoms with E-state index in [9.17, 15) is 4.79 Å². The second-order valence-electron chi connectivity index (χ2n) is 3.92. The Hall–Kier alpha value is -1.83. The second-order valence-corrected chi connectivity index (χ2v) is 3.92. The highest BCUT2D eigenvalue weighted by Crippen LogP contribution is 2.34. The fourth-order valence-electron chi connectivity index (χ4n) is 1.59. The fourth-order valence-corrected chi connectivity index (χ4v) is 1.59. The number of benzene rings is 1. The molecule has 1 aromatic carbocycles. The van der Waals surface area contributed by atoms with Crippen LogP contribution in [0.3, 0.4) is 0 Å². The molecule has 0 spiro atoms. The third-order valence-electron chi connectivity index (χ3n) is 2.44. The maximum absolute atomic E-state index is 10.9. The summed E-state index contributed by atoms with van der Waals surface area (Å²) in [6.07, 6.45) is 0.910. The lowest BCUT2D eigenvalue weighted by atomic mass is 10.1. The van der Waals surface area contributed by atoms with Gasteiger partial charge in [0.1, 0.15) is 23.5 Å². The van der Waals surface area contributed by atoms with Crippen LogP contribution in [0.4, 0.5) is 0 Å². The maximum atomic E-state index is 10.9. The number of hydrogen-bond acceptors (Lipinski definition) is 7. The lowest BCUT2D eigenvalue weighted by Crippen LogP contribution is -2.08. The molecule has 0 radical (unpaired) electrons. The monoisotopic (exact) mass is 300 g/mol. The van der Waals surface area contributed by atoms with Crippen LogP contribution in [0.25, 0.3) is 0 Å². The van der Waals surface area contributed by atoms with Gasteiger partial charge in [0.05, 0.1) is 0 Å². The van der Waals surface area contributed by atoms with E-state index in [0.717, 1.165) is 6.29 Å². The van der Waals surface area contributed by atoms with Gasteiger partial charge in [-0.3, -0.25) is 0 Å². The molecule has 7 heteroatoms. The molecule has 0 aromatic heterocycles. The quantitative estimate of drug-likeness (QED) is 0.451. The van der Waals surface area contributed by atoms with Crippen LogP contribution >= 0.6 is 0 Å². The van der Waals surface area contributed by atoms with E-state index in [2.05, 4.69) is 0 Å². The minimum atomic E-state index is 0.0449. The summed E-state index contributed by atoms with van der Waals surface area (Å²) in [4.78, 5) is 10.9. The van der Waals surface area contributed by atoms with Crippen molar-refractivity contribution >= 4 is 6.29 Å². The predicted molar refractivity (Wildman–Crippen MR) is 73.7 cm³/mol. The van der Waals surface area contributed by atoms with Crippen molar-refractivity contribution in [1.29, 1.82) is 0 Å². The van der Waals surface area contributed by atoms with Crippen molar-refractivity contribution in [2.24, 2.45) is 0 Å². The Balaban J connectivity index is 3.10. The van der Waals surface area contributed by atoms with Crippen LogP contribution in [0.5, 0.6) is 17.2 Å². The molecule has 0 N–H and O–H groups in total. The van der Waals surface area contributed by atoms with E-state index in [4.69, 9.17) is 28.4 Å². The minimum Gasteiger partial charge on any atom is -0.467 e. The van der Waals surface area contributed by atoms with Crippen molar-refractivity contribution in [2.45, 2.75) is 6.42 Å². The van der Waals surface area contributed by atoms with Gasteiger partial charge in [0.2, 0.25) is 0 Å². The van der Waals surface area contributed by atoms with Gasteiger partial charge in [-0.2, -0.15) is 0 Å². The fraction of sp³-hybridized carbons (Fsp3) is 0.500. The van der Waals surface area contributed by atoms with Crippen molar-refractivity contribution in [3.8, 4) is 17.2 Å². The zero-order valence-corrected chi connectivity index (χ0v) is 12.4. The molecule has 0 aliphatic heterocycles. The molecule has 21 heavy (non-hydrogen) atoms. The standard InChI is InChI=1S/C14H20O7/c1-16-8-19-11-6-13(20-9-17-2)12(4-5-15)14(7-11)21-10-18-3/h5-7H,4,8-10H2,1-3H3. The van der Waals surface area contributed by atoms with Gasteiger partial charge >= 0.3 is 0 Å². The first-order chi connectivity index (χ1) is 10.3. The van der Waals surface area contributed by atoms with Crippen molar-refractivity contribution in [3.63, 3.8) is 0 Å². The van der Waals surface area contributed by atoms with Gasteiger partial charge in [-0.05, 0) is 0 Å². The molecule has 0 fully saturated rings. The number of methoxy groups -OCH3 is 3. The zero-order chi connectivity index (χ0) is 15.5. The summed E-state index contributed by atoms with van der Waals surface area (Å²) in [6, 6.07) is 3.30. The topological polar surface area (TPSA) is 72.5 Å². The van der Waals surface area contributed by atoms with Crippen LogP contribution in [-0.2, 0) is 25.4 Å². The molecule has 118 valence electrons. The second kappa shape index (κ2) is 9.98. The van der Waals surface area contributed by atoms with Crippen LogP contribution in [-0.4, -0.2) is 48.0 Å². The zero-order valence-electron chi connectivity index (χ0n) is 12.4. The highest BCUT2D eigenvalue weighted by atomic mass is 16.7. The van der Waals surface area contributed by atoms with Gasteiger partial charge in [0.25, 0.3) is 0 Å². The van der Waals surface area contributed by atoms with Gasteiger partial charge in [-0.15, -0.1) is 0 Å². The Labute approximate surface area is 123 Å². The van der Waals surface area contributed by atoms with E-state index < -0.39 is 0 Å². The van der Waals surface area contributed by atoms with E-state index in [1.165, 1.54) is 21.3 Å². The van der Waals surface area contributed by atoms with Gasteiger partial charge in [0.15, 0.2) is 20.4 Å². The number of rotatable bonds is 11. The van der Waals surface area contributed by atoms with Gasteiger partial charge in [0, 0.05) is 45.4 Å². The lowest BCUT2D eigenvalue weighted by Gasteiger charge is -2.16. The summed E-state index contributed by atoms with van der Waals surface area (Å²) in [7, 11) is 4.53. The Kier molecular flexibility index (Phi) is 8.18. The summed E-state index contributed by atoms with van der Waals surface area (Å²) >= 11 is 0. The van der Waals surface area contributed by atoms with E-state index in [0.29, 0.717) is 22.8 Å². The number of carbonyl (C=O) groups is 1. The lowest BCUT2D eigenvalue weighted by molar-refractivity contribution is -0.107. The van der Waals surface area contributed by atoms with Crippen LogP contribution < -0.4 is 14.2 Å². The van der Waals surface area contributed by atoms with E-state index in [-0.39, 0.29) is 26.8 Å². The molecule has 7 nitrogen and oxygen atoms in total. The van der Waals surface area contributed by atoms with Crippen molar-refractivity contribution < 1.29 is 33.2 Å². The Bertz CT molecular complexity index is 404. The van der Waals surface area contributed by atoms with Crippen molar-refractivity contribution in [2.75, 3.05) is 41.7 Å². The maximum Gasteiger partial charge on any atom is 0.188 e. The third-order valence-corrected chi connectivity index (χ3v) is 2.44. The van der Waals surface area contributed by atoms with E-state index >= 15 is 0 Å². The normalized spacial score (nSPS) is 10.2. The first kappa shape index (κ1) is 17.2. The Morgan fingerprint density at radius 1 is 0.857 bits per heavy atom. The molecule has 0 aliphatic rings. The Morgan fingerprint density at radius 2 is 1.33 bits per heavy atom. The van der Waals surface area contributed by atoms with Crippen LogP contribution in [0.1, 0.15) is 5.56 Å². The number of carbonyl (C=O) groups excluding carboxylic acids is 1.